The molecule has 0 saturated carbocycles. The fraction of sp³-hybridized carbons (Fsp3) is 0.400. The van der Waals surface area contributed by atoms with Crippen LogP contribution in [-0.2, 0) is 0 Å². The normalized spacial score (nSPS) is 18.6. The molecule has 5 rings (SSSR count). The average molecular weight is 401 g/mol. The highest BCUT2D eigenvalue weighted by Crippen LogP contribution is 2.32. The van der Waals surface area contributed by atoms with E-state index in [4.69, 9.17) is 4.98 Å². The molecule has 0 unspecified atom stereocenters. The molecule has 2 saturated heterocycles. The third-order valence-electron chi connectivity index (χ3n) is 5.10. The molecule has 1 aromatic carbocycles. The topological polar surface area (TPSA) is 19.1 Å². The van der Waals surface area contributed by atoms with E-state index in [1.54, 1.807) is 0 Å². The van der Waals surface area contributed by atoms with E-state index in [1.165, 1.54) is 43.6 Å². The van der Waals surface area contributed by atoms with Crippen LogP contribution in [0.4, 0.5) is 5.69 Å². The molecule has 0 amide bonds. The molecule has 134 valence electrons. The lowest BCUT2D eigenvalue weighted by atomic mass is 10.2. The van der Waals surface area contributed by atoms with Gasteiger partial charge in [0.05, 0.1) is 32.3 Å². The number of rotatable bonds is 1. The predicted octanol–water partition coefficient (Wildman–Crippen LogP) is 3.47. The number of benzene rings is 2. The van der Waals surface area contributed by atoms with E-state index in [-0.39, 0.29) is 0 Å². The van der Waals surface area contributed by atoms with Crippen LogP contribution in [0.15, 0.2) is 36.4 Å². The van der Waals surface area contributed by atoms with Gasteiger partial charge in [0.2, 0.25) is 5.36 Å². The van der Waals surface area contributed by atoms with Gasteiger partial charge < -0.3 is 4.90 Å². The van der Waals surface area contributed by atoms with Crippen molar-refractivity contribution in [1.29, 1.82) is 0 Å². The minimum absolute atomic E-state index is 1.11. The quantitative estimate of drug-likeness (QED) is 0.460. The molecule has 6 heteroatoms. The number of fused-ring (bicyclic) bond motifs is 2. The molecule has 3 heterocycles. The summed E-state index contributed by atoms with van der Waals surface area (Å²) >= 11 is 5.99. The molecule has 3 nitrogen and oxygen atoms in total. The third-order valence-corrected chi connectivity index (χ3v) is 8.08. The van der Waals surface area contributed by atoms with Crippen molar-refractivity contribution in [2.75, 3.05) is 54.1 Å². The molecule has 2 fully saturated rings. The number of hydrogen-bond donors (Lipinski definition) is 0. The Morgan fingerprint density at radius 2 is 1.69 bits per heavy atom. The molecule has 0 N–H and O–H groups in total. The molecule has 0 spiro atoms. The van der Waals surface area contributed by atoms with Gasteiger partial charge >= 0.3 is 0 Å². The van der Waals surface area contributed by atoms with Crippen LogP contribution in [0.25, 0.3) is 20.8 Å². The van der Waals surface area contributed by atoms with E-state index in [0.29, 0.717) is 0 Å². The third kappa shape index (κ3) is 3.35. The molecule has 0 bridgehead atoms. The monoisotopic (exact) mass is 400 g/mol. The van der Waals surface area contributed by atoms with Gasteiger partial charge in [-0.1, -0.05) is 0 Å². The Morgan fingerprint density at radius 3 is 2.54 bits per heavy atom. The number of hydrogen-bond acceptors (Lipinski definition) is 5. The van der Waals surface area contributed by atoms with Gasteiger partial charge in [0.1, 0.15) is 0 Å². The van der Waals surface area contributed by atoms with Gasteiger partial charge in [0.25, 0.3) is 0 Å². The van der Waals surface area contributed by atoms with Crippen molar-refractivity contribution >= 4 is 50.8 Å². The fourth-order valence-electron chi connectivity index (χ4n) is 3.64. The SMILES string of the molecule is c1cc2nc3ccc(=[N+]4CCSCC4)cc-3sc2cc1N1CCSCC1. The zero-order valence-electron chi connectivity index (χ0n) is 14.7. The minimum atomic E-state index is 1.11. The van der Waals surface area contributed by atoms with Gasteiger partial charge in [-0.25, -0.2) is 9.56 Å². The highest BCUT2D eigenvalue weighted by atomic mass is 32.2. The van der Waals surface area contributed by atoms with Gasteiger partial charge in [-0.3, -0.25) is 0 Å². The summed E-state index contributed by atoms with van der Waals surface area (Å²) in [4.78, 5) is 8.72. The fourth-order valence-corrected chi connectivity index (χ4v) is 6.48. The van der Waals surface area contributed by atoms with Crippen molar-refractivity contribution in [3.05, 3.63) is 41.8 Å². The van der Waals surface area contributed by atoms with Gasteiger partial charge in [-0.15, -0.1) is 23.1 Å². The Labute approximate surface area is 166 Å². The first kappa shape index (κ1) is 16.9. The first-order valence-electron chi connectivity index (χ1n) is 9.20. The zero-order valence-corrected chi connectivity index (χ0v) is 17.1. The first-order chi connectivity index (χ1) is 12.9. The molecule has 0 aromatic heterocycles. The maximum Gasteiger partial charge on any atom is 0.201 e. The van der Waals surface area contributed by atoms with E-state index in [9.17, 15) is 0 Å². The van der Waals surface area contributed by atoms with E-state index < -0.39 is 0 Å². The second kappa shape index (κ2) is 7.41. The van der Waals surface area contributed by atoms with Crippen LogP contribution >= 0.6 is 34.9 Å². The second-order valence-corrected chi connectivity index (χ2v) is 10.3. The predicted molar refractivity (Wildman–Crippen MR) is 118 cm³/mol. The molecule has 4 aliphatic rings. The largest absolute Gasteiger partial charge is 0.370 e. The lowest BCUT2D eigenvalue weighted by Crippen LogP contribution is -2.36. The molecule has 1 aromatic rings. The van der Waals surface area contributed by atoms with Gasteiger partial charge in [-0.05, 0) is 24.3 Å². The van der Waals surface area contributed by atoms with Gasteiger partial charge in [-0.2, -0.15) is 11.8 Å². The molecule has 0 atom stereocenters. The smallest absolute Gasteiger partial charge is 0.201 e. The van der Waals surface area contributed by atoms with Crippen LogP contribution in [-0.4, -0.2) is 54.2 Å². The Bertz CT molecular complexity index is 968. The summed E-state index contributed by atoms with van der Waals surface area (Å²) in [5.74, 6) is 4.92. The summed E-state index contributed by atoms with van der Waals surface area (Å²) in [6.45, 7) is 4.61. The van der Waals surface area contributed by atoms with Crippen LogP contribution in [0.1, 0.15) is 0 Å². The minimum Gasteiger partial charge on any atom is -0.370 e. The van der Waals surface area contributed by atoms with E-state index in [0.717, 1.165) is 37.4 Å². The standard InChI is InChI=1S/C20H22N3S3/c1-3-17-19(13-15(1)22-5-9-24-10-6-22)26-20-14-16(2-4-18(20)21-17)23-7-11-25-12-8-23/h1-4,13-14H,5-12H2/q+1. The number of anilines is 1. The molecular weight excluding hydrogens is 378 g/mol. The van der Waals surface area contributed by atoms with Crippen LogP contribution in [0.3, 0.4) is 0 Å². The molecule has 1 aliphatic carbocycles. The highest BCUT2D eigenvalue weighted by Gasteiger charge is 2.16. The summed E-state index contributed by atoms with van der Waals surface area (Å²) in [6.07, 6.45) is 0. The Balaban J connectivity index is 1.59. The van der Waals surface area contributed by atoms with Gasteiger partial charge in [0.15, 0.2) is 13.1 Å². The maximum absolute atomic E-state index is 4.92. The zero-order chi connectivity index (χ0) is 17.3. The van der Waals surface area contributed by atoms with Crippen molar-refractivity contribution in [1.82, 2.24) is 9.56 Å². The van der Waals surface area contributed by atoms with Crippen molar-refractivity contribution in [3.8, 4) is 10.6 Å². The first-order valence-corrected chi connectivity index (χ1v) is 12.3. The summed E-state index contributed by atoms with van der Waals surface area (Å²) in [5.41, 5.74) is 3.57. The van der Waals surface area contributed by atoms with E-state index >= 15 is 0 Å². The summed E-state index contributed by atoms with van der Waals surface area (Å²) in [7, 11) is 0. The molecular formula is C20H22N3S3+. The van der Waals surface area contributed by atoms with Crippen LogP contribution in [0, 0.1) is 0 Å². The number of thioether (sulfide) groups is 2. The summed E-state index contributed by atoms with van der Waals surface area (Å²) < 4.78 is 3.80. The van der Waals surface area contributed by atoms with Crippen molar-refractivity contribution in [2.45, 2.75) is 0 Å². The Morgan fingerprint density at radius 1 is 0.885 bits per heavy atom. The molecule has 0 radical (unpaired) electrons. The highest BCUT2D eigenvalue weighted by molar-refractivity contribution is 7.99. The number of aromatic nitrogens is 1. The summed E-state index contributed by atoms with van der Waals surface area (Å²) in [5, 5.41) is 1.35. The lowest BCUT2D eigenvalue weighted by molar-refractivity contribution is 0.623. The van der Waals surface area contributed by atoms with Crippen LogP contribution < -0.4 is 14.8 Å². The van der Waals surface area contributed by atoms with E-state index in [2.05, 4.69) is 69.4 Å². The van der Waals surface area contributed by atoms with Crippen molar-refractivity contribution < 1.29 is 0 Å². The van der Waals surface area contributed by atoms with Crippen LogP contribution in [0.2, 0.25) is 0 Å². The summed E-state index contributed by atoms with van der Waals surface area (Å²) in [6, 6.07) is 13.5. The van der Waals surface area contributed by atoms with E-state index in [1.807, 2.05) is 11.3 Å². The van der Waals surface area contributed by atoms with Gasteiger partial charge in [0, 0.05) is 42.4 Å². The number of nitrogens with zero attached hydrogens (tertiary/aromatic N) is 3. The lowest BCUT2D eigenvalue weighted by Gasteiger charge is -2.28. The van der Waals surface area contributed by atoms with Crippen LogP contribution in [0.5, 0.6) is 0 Å². The molecule has 3 aliphatic heterocycles. The Kier molecular flexibility index (Phi) is 4.82. The Hall–Kier alpha value is -1.24. The maximum atomic E-state index is 4.92. The molecule has 26 heavy (non-hydrogen) atoms. The van der Waals surface area contributed by atoms with Crippen molar-refractivity contribution in [2.24, 2.45) is 0 Å². The van der Waals surface area contributed by atoms with Crippen molar-refractivity contribution in [3.63, 3.8) is 0 Å². The second-order valence-electron chi connectivity index (χ2n) is 6.72. The average Bonchev–Trinajstić information content (AvgIpc) is 2.73.